The number of aromatic nitrogens is 2. The van der Waals surface area contributed by atoms with Crippen LogP contribution in [0.1, 0.15) is 15.9 Å². The quantitative estimate of drug-likeness (QED) is 0.744. The first-order valence-corrected chi connectivity index (χ1v) is 7.76. The molecular formula is C18H16ClN3O2. The van der Waals surface area contributed by atoms with Gasteiger partial charge in [-0.25, -0.2) is 0 Å². The fourth-order valence-corrected chi connectivity index (χ4v) is 2.57. The van der Waals surface area contributed by atoms with Gasteiger partial charge in [-0.05, 0) is 23.8 Å². The molecule has 0 fully saturated rings. The van der Waals surface area contributed by atoms with Gasteiger partial charge in [0.2, 0.25) is 0 Å². The maximum absolute atomic E-state index is 12.5. The van der Waals surface area contributed by atoms with Crippen molar-refractivity contribution < 1.29 is 9.53 Å². The molecule has 3 rings (SSSR count). The van der Waals surface area contributed by atoms with Crippen LogP contribution in [0.3, 0.4) is 0 Å². The number of aromatic amines is 1. The third-order valence-electron chi connectivity index (χ3n) is 3.64. The highest BCUT2D eigenvalue weighted by Gasteiger charge is 2.15. The van der Waals surface area contributed by atoms with Crippen LogP contribution in [0.2, 0.25) is 5.02 Å². The van der Waals surface area contributed by atoms with Crippen molar-refractivity contribution in [1.82, 2.24) is 15.5 Å². The molecule has 2 aromatic carbocycles. The largest absolute Gasteiger partial charge is 0.497 e. The van der Waals surface area contributed by atoms with Gasteiger partial charge in [-0.1, -0.05) is 41.9 Å². The molecule has 6 heteroatoms. The minimum atomic E-state index is -0.221. The standard InChI is InChI=1S/C18H16ClN3O2/c1-24-14-7-4-6-12(9-14)17-15(11-21-22-17)18(23)20-10-13-5-2-3-8-16(13)19/h2-9,11H,10H2,1H3,(H,20,23)(H,21,22). The molecule has 0 aliphatic rings. The van der Waals surface area contributed by atoms with Crippen LogP contribution < -0.4 is 10.1 Å². The number of carbonyl (C=O) groups excluding carboxylic acids is 1. The Hall–Kier alpha value is -2.79. The Kier molecular flexibility index (Phi) is 4.82. The summed E-state index contributed by atoms with van der Waals surface area (Å²) in [5, 5.41) is 10.4. The molecule has 0 bridgehead atoms. The monoisotopic (exact) mass is 341 g/mol. The third kappa shape index (κ3) is 3.41. The molecule has 0 atom stereocenters. The number of halogens is 1. The van der Waals surface area contributed by atoms with Gasteiger partial charge in [0.1, 0.15) is 5.75 Å². The van der Waals surface area contributed by atoms with E-state index in [1.54, 1.807) is 13.2 Å². The minimum Gasteiger partial charge on any atom is -0.497 e. The summed E-state index contributed by atoms with van der Waals surface area (Å²) >= 11 is 6.11. The summed E-state index contributed by atoms with van der Waals surface area (Å²) in [7, 11) is 1.60. The number of methoxy groups -OCH3 is 1. The third-order valence-corrected chi connectivity index (χ3v) is 4.01. The van der Waals surface area contributed by atoms with Crippen molar-refractivity contribution in [3.05, 3.63) is 70.9 Å². The Morgan fingerprint density at radius 1 is 1.25 bits per heavy atom. The average molecular weight is 342 g/mol. The number of amides is 1. The first-order valence-electron chi connectivity index (χ1n) is 7.38. The number of nitrogens with zero attached hydrogens (tertiary/aromatic N) is 1. The van der Waals surface area contributed by atoms with Crippen LogP contribution >= 0.6 is 11.6 Å². The number of H-pyrrole nitrogens is 1. The smallest absolute Gasteiger partial charge is 0.255 e. The van der Waals surface area contributed by atoms with Crippen molar-refractivity contribution in [2.24, 2.45) is 0 Å². The highest BCUT2D eigenvalue weighted by atomic mass is 35.5. The normalized spacial score (nSPS) is 10.4. The zero-order chi connectivity index (χ0) is 16.9. The lowest BCUT2D eigenvalue weighted by atomic mass is 10.1. The molecule has 24 heavy (non-hydrogen) atoms. The number of hydrogen-bond acceptors (Lipinski definition) is 3. The van der Waals surface area contributed by atoms with Gasteiger partial charge in [0.25, 0.3) is 5.91 Å². The Morgan fingerprint density at radius 2 is 2.08 bits per heavy atom. The van der Waals surface area contributed by atoms with Gasteiger partial charge >= 0.3 is 0 Å². The lowest BCUT2D eigenvalue weighted by molar-refractivity contribution is 0.0951. The Balaban J connectivity index is 1.79. The second kappa shape index (κ2) is 7.19. The van der Waals surface area contributed by atoms with E-state index >= 15 is 0 Å². The molecule has 1 amide bonds. The van der Waals surface area contributed by atoms with E-state index in [1.165, 1.54) is 6.20 Å². The van der Waals surface area contributed by atoms with Crippen LogP contribution in [0.4, 0.5) is 0 Å². The van der Waals surface area contributed by atoms with Gasteiger partial charge in [-0.15, -0.1) is 0 Å². The summed E-state index contributed by atoms with van der Waals surface area (Å²) in [5.74, 6) is 0.492. The molecule has 3 aromatic rings. The molecular weight excluding hydrogens is 326 g/mol. The summed E-state index contributed by atoms with van der Waals surface area (Å²) in [6.45, 7) is 0.348. The molecule has 5 nitrogen and oxygen atoms in total. The summed E-state index contributed by atoms with van der Waals surface area (Å²) < 4.78 is 5.22. The molecule has 0 saturated carbocycles. The van der Waals surface area contributed by atoms with Gasteiger partial charge in [-0.3, -0.25) is 9.89 Å². The predicted octanol–water partition coefficient (Wildman–Crippen LogP) is 3.67. The molecule has 0 saturated heterocycles. The molecule has 0 spiro atoms. The summed E-state index contributed by atoms with van der Waals surface area (Å²) in [4.78, 5) is 12.5. The first kappa shape index (κ1) is 16.1. The zero-order valence-electron chi connectivity index (χ0n) is 13.0. The molecule has 0 aliphatic carbocycles. The van der Waals surface area contributed by atoms with Crippen molar-refractivity contribution in [2.75, 3.05) is 7.11 Å². The molecule has 122 valence electrons. The number of nitrogens with one attached hydrogen (secondary N) is 2. The maximum atomic E-state index is 12.5. The maximum Gasteiger partial charge on any atom is 0.255 e. The molecule has 0 radical (unpaired) electrons. The molecule has 1 aromatic heterocycles. The Morgan fingerprint density at radius 3 is 2.88 bits per heavy atom. The van der Waals surface area contributed by atoms with Crippen LogP contribution in [0.25, 0.3) is 11.3 Å². The van der Waals surface area contributed by atoms with Crippen LogP contribution in [-0.4, -0.2) is 23.2 Å². The lowest BCUT2D eigenvalue weighted by Gasteiger charge is -2.08. The van der Waals surface area contributed by atoms with Crippen LogP contribution in [0, 0.1) is 0 Å². The first-order chi connectivity index (χ1) is 11.7. The van der Waals surface area contributed by atoms with Crippen LogP contribution in [0.5, 0.6) is 5.75 Å². The van der Waals surface area contributed by atoms with Crippen LogP contribution in [-0.2, 0) is 6.54 Å². The topological polar surface area (TPSA) is 67.0 Å². The van der Waals surface area contributed by atoms with Crippen molar-refractivity contribution in [3.63, 3.8) is 0 Å². The predicted molar refractivity (Wildman–Crippen MR) is 93.2 cm³/mol. The number of benzene rings is 2. The lowest BCUT2D eigenvalue weighted by Crippen LogP contribution is -2.23. The second-order valence-electron chi connectivity index (χ2n) is 5.16. The van der Waals surface area contributed by atoms with Gasteiger partial charge in [-0.2, -0.15) is 5.10 Å². The van der Waals surface area contributed by atoms with Gasteiger partial charge < -0.3 is 10.1 Å². The van der Waals surface area contributed by atoms with Gasteiger partial charge in [0.05, 0.1) is 24.6 Å². The van der Waals surface area contributed by atoms with E-state index in [1.807, 2.05) is 42.5 Å². The zero-order valence-corrected chi connectivity index (χ0v) is 13.8. The fraction of sp³-hybridized carbons (Fsp3) is 0.111. The average Bonchev–Trinajstić information content (AvgIpc) is 3.11. The Labute approximate surface area is 144 Å². The summed E-state index contributed by atoms with van der Waals surface area (Å²) in [6.07, 6.45) is 1.51. The van der Waals surface area contributed by atoms with Crippen molar-refractivity contribution in [2.45, 2.75) is 6.54 Å². The van der Waals surface area contributed by atoms with Crippen molar-refractivity contribution in [3.8, 4) is 17.0 Å². The van der Waals surface area contributed by atoms with Crippen molar-refractivity contribution in [1.29, 1.82) is 0 Å². The second-order valence-corrected chi connectivity index (χ2v) is 5.57. The summed E-state index contributed by atoms with van der Waals surface area (Å²) in [6, 6.07) is 14.8. The highest BCUT2D eigenvalue weighted by Crippen LogP contribution is 2.25. The minimum absolute atomic E-state index is 0.221. The number of ether oxygens (including phenoxy) is 1. The van der Waals surface area contributed by atoms with E-state index in [0.29, 0.717) is 28.6 Å². The van der Waals surface area contributed by atoms with Gasteiger partial charge in [0, 0.05) is 17.1 Å². The van der Waals surface area contributed by atoms with E-state index in [0.717, 1.165) is 11.1 Å². The summed E-state index contributed by atoms with van der Waals surface area (Å²) in [5.41, 5.74) is 2.80. The van der Waals surface area contributed by atoms with Crippen molar-refractivity contribution >= 4 is 17.5 Å². The van der Waals surface area contributed by atoms with E-state index in [-0.39, 0.29) is 5.91 Å². The molecule has 0 aliphatic heterocycles. The fourth-order valence-electron chi connectivity index (χ4n) is 2.37. The molecule has 0 unspecified atom stereocenters. The SMILES string of the molecule is COc1cccc(-c2[nH]ncc2C(=O)NCc2ccccc2Cl)c1. The molecule has 1 heterocycles. The van der Waals surface area contributed by atoms with E-state index in [2.05, 4.69) is 15.5 Å². The van der Waals surface area contributed by atoms with E-state index in [4.69, 9.17) is 16.3 Å². The number of rotatable bonds is 5. The Bertz CT molecular complexity index is 861. The van der Waals surface area contributed by atoms with E-state index in [9.17, 15) is 4.79 Å². The number of carbonyl (C=O) groups is 1. The number of hydrogen-bond donors (Lipinski definition) is 2. The van der Waals surface area contributed by atoms with E-state index < -0.39 is 0 Å². The highest BCUT2D eigenvalue weighted by molar-refractivity contribution is 6.31. The van der Waals surface area contributed by atoms with Crippen LogP contribution in [0.15, 0.2) is 54.7 Å². The molecule has 2 N–H and O–H groups in total. The van der Waals surface area contributed by atoms with Gasteiger partial charge in [0.15, 0.2) is 0 Å².